The molecule has 0 unspecified atom stereocenters. The van der Waals surface area contributed by atoms with Crippen LogP contribution in [0.4, 0.5) is 4.79 Å². The molecule has 0 aliphatic carbocycles. The third-order valence-electron chi connectivity index (χ3n) is 3.17. The highest BCUT2D eigenvalue weighted by Crippen LogP contribution is 2.37. The fourth-order valence-electron chi connectivity index (χ4n) is 1.98. The van der Waals surface area contributed by atoms with Crippen LogP contribution in [0.15, 0.2) is 12.1 Å². The number of carbonyl (C=O) groups excluding carboxylic acids is 3. The van der Waals surface area contributed by atoms with E-state index in [-0.39, 0.29) is 17.1 Å². The number of methoxy groups -OCH3 is 1. The molecule has 0 bridgehead atoms. The molecule has 1 aromatic carbocycles. The van der Waals surface area contributed by atoms with Crippen LogP contribution in [-0.2, 0) is 14.3 Å². The zero-order valence-electron chi connectivity index (χ0n) is 16.1. The van der Waals surface area contributed by atoms with Gasteiger partial charge in [0.15, 0.2) is 18.1 Å². The standard InChI is InChI=1S/C18H25ClN2O7/c1-4-7-27-16-13(19)9-12(10-14(16)26-5-2)17(23)28-11-15(22)21-18(24)20-6-8-25-3/h9-10H,4-8,11H2,1-3H3,(H2,20,21,22,24). The predicted octanol–water partition coefficient (Wildman–Crippen LogP) is 2.16. The van der Waals surface area contributed by atoms with E-state index < -0.39 is 24.5 Å². The van der Waals surface area contributed by atoms with Gasteiger partial charge in [0.05, 0.1) is 30.4 Å². The smallest absolute Gasteiger partial charge is 0.338 e. The Hall–Kier alpha value is -2.52. The summed E-state index contributed by atoms with van der Waals surface area (Å²) in [5, 5.41) is 4.62. The molecule has 0 aliphatic heterocycles. The predicted molar refractivity (Wildman–Crippen MR) is 102 cm³/mol. The molecule has 0 atom stereocenters. The van der Waals surface area contributed by atoms with Crippen molar-refractivity contribution in [3.63, 3.8) is 0 Å². The minimum absolute atomic E-state index is 0.0923. The molecule has 9 nitrogen and oxygen atoms in total. The number of halogens is 1. The summed E-state index contributed by atoms with van der Waals surface area (Å²) < 4.78 is 20.7. The molecule has 0 heterocycles. The van der Waals surface area contributed by atoms with Crippen molar-refractivity contribution in [1.82, 2.24) is 10.6 Å². The largest absolute Gasteiger partial charge is 0.490 e. The van der Waals surface area contributed by atoms with Crippen molar-refractivity contribution in [2.75, 3.05) is 40.1 Å². The third-order valence-corrected chi connectivity index (χ3v) is 3.46. The van der Waals surface area contributed by atoms with E-state index in [4.69, 9.17) is 30.5 Å². The molecule has 0 spiro atoms. The summed E-state index contributed by atoms with van der Waals surface area (Å²) in [6, 6.07) is 2.09. The number of ether oxygens (including phenoxy) is 4. The molecule has 1 rings (SSSR count). The first-order chi connectivity index (χ1) is 13.4. The van der Waals surface area contributed by atoms with E-state index >= 15 is 0 Å². The molecule has 156 valence electrons. The van der Waals surface area contributed by atoms with Crippen LogP contribution in [0.2, 0.25) is 5.02 Å². The fourth-order valence-corrected chi connectivity index (χ4v) is 2.25. The highest BCUT2D eigenvalue weighted by molar-refractivity contribution is 6.32. The summed E-state index contributed by atoms with van der Waals surface area (Å²) in [7, 11) is 1.48. The van der Waals surface area contributed by atoms with Gasteiger partial charge in [-0.2, -0.15) is 0 Å². The molecule has 28 heavy (non-hydrogen) atoms. The number of imide groups is 1. The third kappa shape index (κ3) is 8.01. The van der Waals surface area contributed by atoms with Crippen molar-refractivity contribution in [2.45, 2.75) is 20.3 Å². The lowest BCUT2D eigenvalue weighted by molar-refractivity contribution is -0.123. The Morgan fingerprint density at radius 3 is 2.50 bits per heavy atom. The Morgan fingerprint density at radius 2 is 1.86 bits per heavy atom. The second-order valence-corrected chi connectivity index (χ2v) is 5.85. The summed E-state index contributed by atoms with van der Waals surface area (Å²) in [4.78, 5) is 35.3. The monoisotopic (exact) mass is 416 g/mol. The summed E-state index contributed by atoms with van der Waals surface area (Å²) in [5.74, 6) is -0.924. The first kappa shape index (κ1) is 23.5. The number of carbonyl (C=O) groups is 3. The second-order valence-electron chi connectivity index (χ2n) is 5.44. The minimum Gasteiger partial charge on any atom is -0.490 e. The van der Waals surface area contributed by atoms with Gasteiger partial charge in [0.2, 0.25) is 0 Å². The Labute approximate surface area is 168 Å². The Kier molecular flexibility index (Phi) is 10.7. The molecule has 0 saturated carbocycles. The van der Waals surface area contributed by atoms with E-state index in [1.807, 2.05) is 12.2 Å². The average molecular weight is 417 g/mol. The highest BCUT2D eigenvalue weighted by atomic mass is 35.5. The Balaban J connectivity index is 2.68. The van der Waals surface area contributed by atoms with Gasteiger partial charge in [-0.3, -0.25) is 10.1 Å². The van der Waals surface area contributed by atoms with E-state index in [1.54, 1.807) is 6.92 Å². The maximum absolute atomic E-state index is 12.2. The quantitative estimate of drug-likeness (QED) is 0.420. The van der Waals surface area contributed by atoms with Gasteiger partial charge in [-0.1, -0.05) is 18.5 Å². The van der Waals surface area contributed by atoms with Crippen LogP contribution in [0.5, 0.6) is 11.5 Å². The van der Waals surface area contributed by atoms with Crippen LogP contribution in [0.1, 0.15) is 30.6 Å². The number of urea groups is 1. The van der Waals surface area contributed by atoms with Crippen LogP contribution in [0.25, 0.3) is 0 Å². The minimum atomic E-state index is -0.792. The van der Waals surface area contributed by atoms with Crippen molar-refractivity contribution in [3.8, 4) is 11.5 Å². The number of hydrogen-bond acceptors (Lipinski definition) is 7. The van der Waals surface area contributed by atoms with Crippen molar-refractivity contribution in [1.29, 1.82) is 0 Å². The van der Waals surface area contributed by atoms with E-state index in [0.717, 1.165) is 6.42 Å². The van der Waals surface area contributed by atoms with E-state index in [0.29, 0.717) is 31.3 Å². The van der Waals surface area contributed by atoms with Crippen molar-refractivity contribution < 1.29 is 33.3 Å². The Morgan fingerprint density at radius 1 is 1.11 bits per heavy atom. The van der Waals surface area contributed by atoms with Gasteiger partial charge in [-0.25, -0.2) is 9.59 Å². The van der Waals surface area contributed by atoms with Gasteiger partial charge in [0.25, 0.3) is 5.91 Å². The van der Waals surface area contributed by atoms with Gasteiger partial charge in [0.1, 0.15) is 0 Å². The van der Waals surface area contributed by atoms with Gasteiger partial charge in [-0.05, 0) is 25.5 Å². The van der Waals surface area contributed by atoms with E-state index in [1.165, 1.54) is 19.2 Å². The maximum Gasteiger partial charge on any atom is 0.338 e. The zero-order valence-corrected chi connectivity index (χ0v) is 16.9. The summed E-state index contributed by atoms with van der Waals surface area (Å²) in [6.07, 6.45) is 0.778. The molecule has 0 aliphatic rings. The molecular formula is C18H25ClN2O7. The summed E-state index contributed by atoms with van der Waals surface area (Å²) in [5.41, 5.74) is 0.0923. The molecule has 0 fully saturated rings. The van der Waals surface area contributed by atoms with Crippen molar-refractivity contribution >= 4 is 29.5 Å². The van der Waals surface area contributed by atoms with Crippen LogP contribution in [-0.4, -0.2) is 58.0 Å². The number of hydrogen-bond donors (Lipinski definition) is 2. The van der Waals surface area contributed by atoms with Crippen molar-refractivity contribution in [2.24, 2.45) is 0 Å². The fraction of sp³-hybridized carbons (Fsp3) is 0.500. The highest BCUT2D eigenvalue weighted by Gasteiger charge is 2.18. The van der Waals surface area contributed by atoms with Crippen LogP contribution >= 0.6 is 11.6 Å². The summed E-state index contributed by atoms with van der Waals surface area (Å²) >= 11 is 6.19. The Bertz CT molecular complexity index is 682. The second kappa shape index (κ2) is 12.8. The molecule has 2 N–H and O–H groups in total. The molecule has 3 amide bonds. The SMILES string of the molecule is CCCOc1c(Cl)cc(C(=O)OCC(=O)NC(=O)NCCOC)cc1OCC. The molecule has 10 heteroatoms. The molecule has 0 radical (unpaired) electrons. The molecule has 1 aromatic rings. The van der Waals surface area contributed by atoms with E-state index in [9.17, 15) is 14.4 Å². The zero-order chi connectivity index (χ0) is 20.9. The van der Waals surface area contributed by atoms with Crippen LogP contribution in [0, 0.1) is 0 Å². The first-order valence-corrected chi connectivity index (χ1v) is 9.13. The lowest BCUT2D eigenvalue weighted by Crippen LogP contribution is -2.42. The molecule has 0 aromatic heterocycles. The topological polar surface area (TPSA) is 112 Å². The van der Waals surface area contributed by atoms with Gasteiger partial charge in [0, 0.05) is 13.7 Å². The molecule has 0 saturated heterocycles. The molecular weight excluding hydrogens is 392 g/mol. The average Bonchev–Trinajstić information content (AvgIpc) is 2.65. The summed E-state index contributed by atoms with van der Waals surface area (Å²) in [6.45, 7) is 4.42. The first-order valence-electron chi connectivity index (χ1n) is 8.75. The van der Waals surface area contributed by atoms with Gasteiger partial charge < -0.3 is 24.3 Å². The van der Waals surface area contributed by atoms with Crippen LogP contribution in [0.3, 0.4) is 0 Å². The number of nitrogens with one attached hydrogen (secondary N) is 2. The maximum atomic E-state index is 12.2. The number of esters is 1. The number of benzene rings is 1. The number of rotatable bonds is 11. The normalized spacial score (nSPS) is 10.1. The van der Waals surface area contributed by atoms with Crippen LogP contribution < -0.4 is 20.1 Å². The lowest BCUT2D eigenvalue weighted by atomic mass is 10.2. The van der Waals surface area contributed by atoms with E-state index in [2.05, 4.69) is 5.32 Å². The lowest BCUT2D eigenvalue weighted by Gasteiger charge is -2.14. The number of amides is 3. The van der Waals surface area contributed by atoms with Crippen molar-refractivity contribution in [3.05, 3.63) is 22.7 Å². The van der Waals surface area contributed by atoms with Gasteiger partial charge >= 0.3 is 12.0 Å². The van der Waals surface area contributed by atoms with Gasteiger partial charge in [-0.15, -0.1) is 0 Å².